The zero-order chi connectivity index (χ0) is 32.0. The minimum Gasteiger partial charge on any atom is -0.356 e. The molecular formula is C33H53N5O6. The third-order valence-corrected chi connectivity index (χ3v) is 9.94. The Labute approximate surface area is 261 Å². The van der Waals surface area contributed by atoms with Gasteiger partial charge in [0.1, 0.15) is 12.1 Å². The fourth-order valence-corrected chi connectivity index (χ4v) is 6.55. The number of carbonyl (C=O) groups excluding carboxylic acids is 6. The number of hydrogen-bond donors (Lipinski definition) is 4. The maximum absolute atomic E-state index is 14.2. The standard InChI is InChI=1S/C33H53N5O6/c1-33(2,3)32(44)37-26(21-12-6-5-7-13-21)31(43)38(4)25(18-20-10-8-11-20)29(41)36-24(19-22-14-9-17-34-28(22)40)27(39)30(42)35-23-15-16-23/h20-26H,5-19H2,1-4H3,(H,34,40)(H,35,42)(H,36,41)(H,37,44)/t22-,24-,25-,26+/m0/s1. The Balaban J connectivity index is 1.55. The van der Waals surface area contributed by atoms with Crippen molar-refractivity contribution in [3.8, 4) is 0 Å². The van der Waals surface area contributed by atoms with E-state index in [9.17, 15) is 28.8 Å². The van der Waals surface area contributed by atoms with E-state index in [-0.39, 0.29) is 42.0 Å². The fourth-order valence-electron chi connectivity index (χ4n) is 6.55. The number of hydrogen-bond acceptors (Lipinski definition) is 6. The molecule has 0 spiro atoms. The van der Waals surface area contributed by atoms with Gasteiger partial charge in [0.15, 0.2) is 0 Å². The van der Waals surface area contributed by atoms with Crippen LogP contribution in [0.4, 0.5) is 0 Å². The largest absolute Gasteiger partial charge is 0.356 e. The summed E-state index contributed by atoms with van der Waals surface area (Å²) in [7, 11) is 1.61. The molecule has 246 valence electrons. The van der Waals surface area contributed by atoms with Gasteiger partial charge >= 0.3 is 0 Å². The highest BCUT2D eigenvalue weighted by Crippen LogP contribution is 2.33. The van der Waals surface area contributed by atoms with E-state index in [2.05, 4.69) is 21.3 Å². The Morgan fingerprint density at radius 2 is 1.55 bits per heavy atom. The maximum Gasteiger partial charge on any atom is 0.289 e. The molecule has 4 fully saturated rings. The molecule has 4 atom stereocenters. The second-order valence-corrected chi connectivity index (χ2v) is 14.6. The third kappa shape index (κ3) is 9.03. The van der Waals surface area contributed by atoms with E-state index < -0.39 is 47.1 Å². The minimum atomic E-state index is -1.18. The molecule has 4 N–H and O–H groups in total. The Morgan fingerprint density at radius 3 is 2.11 bits per heavy atom. The SMILES string of the molecule is CN(C(=O)[C@H](NC(=O)C(C)(C)C)C1CCCCC1)[C@@H](CC1CCC1)C(=O)N[C@@H](C[C@@H]1CCCNC1=O)C(=O)C(=O)NC1CC1. The van der Waals surface area contributed by atoms with Gasteiger partial charge in [0.25, 0.3) is 5.91 Å². The molecule has 3 aliphatic carbocycles. The van der Waals surface area contributed by atoms with Crippen molar-refractivity contribution in [3.05, 3.63) is 0 Å². The lowest BCUT2D eigenvalue weighted by atomic mass is 9.79. The van der Waals surface area contributed by atoms with Crippen LogP contribution in [0.5, 0.6) is 0 Å². The topological polar surface area (TPSA) is 154 Å². The third-order valence-electron chi connectivity index (χ3n) is 9.94. The fraction of sp³-hybridized carbons (Fsp3) is 0.818. The van der Waals surface area contributed by atoms with Gasteiger partial charge in [-0.25, -0.2) is 0 Å². The zero-order valence-electron chi connectivity index (χ0n) is 27.0. The van der Waals surface area contributed by atoms with Gasteiger partial charge in [0.05, 0.1) is 6.04 Å². The van der Waals surface area contributed by atoms with Crippen LogP contribution in [0.1, 0.15) is 111 Å². The van der Waals surface area contributed by atoms with Gasteiger partial charge in [-0.3, -0.25) is 28.8 Å². The Bertz CT molecular complexity index is 1090. The number of nitrogens with one attached hydrogen (secondary N) is 4. The highest BCUT2D eigenvalue weighted by Gasteiger charge is 2.42. The van der Waals surface area contributed by atoms with Crippen molar-refractivity contribution in [2.24, 2.45) is 23.2 Å². The normalized spacial score (nSPS) is 23.3. The second kappa shape index (κ2) is 14.9. The quantitative estimate of drug-likeness (QED) is 0.233. The lowest BCUT2D eigenvalue weighted by molar-refractivity contribution is -0.146. The molecule has 4 rings (SSSR count). The molecule has 0 aromatic carbocycles. The summed E-state index contributed by atoms with van der Waals surface area (Å²) in [5, 5.41) is 11.4. The van der Waals surface area contributed by atoms with Crippen molar-refractivity contribution in [3.63, 3.8) is 0 Å². The van der Waals surface area contributed by atoms with Gasteiger partial charge < -0.3 is 26.2 Å². The van der Waals surface area contributed by atoms with E-state index in [1.54, 1.807) is 7.05 Å². The van der Waals surface area contributed by atoms with Crippen molar-refractivity contribution >= 4 is 35.3 Å². The molecule has 1 aliphatic heterocycles. The first-order valence-electron chi connectivity index (χ1n) is 16.9. The van der Waals surface area contributed by atoms with E-state index in [1.807, 2.05) is 20.8 Å². The minimum absolute atomic E-state index is 0.0225. The van der Waals surface area contributed by atoms with Crippen LogP contribution in [0.15, 0.2) is 0 Å². The monoisotopic (exact) mass is 615 g/mol. The molecule has 5 amide bonds. The van der Waals surface area contributed by atoms with Gasteiger partial charge in [0.2, 0.25) is 29.4 Å². The number of likely N-dealkylation sites (N-methyl/N-ethyl adjacent to an activating group) is 1. The molecule has 1 heterocycles. The molecule has 1 saturated heterocycles. The molecule has 3 saturated carbocycles. The highest BCUT2D eigenvalue weighted by atomic mass is 16.2. The van der Waals surface area contributed by atoms with Gasteiger partial charge in [-0.1, -0.05) is 59.3 Å². The molecule has 0 aromatic heterocycles. The Morgan fingerprint density at radius 1 is 0.864 bits per heavy atom. The molecule has 0 radical (unpaired) electrons. The predicted octanol–water partition coefficient (Wildman–Crippen LogP) is 2.36. The van der Waals surface area contributed by atoms with E-state index in [0.29, 0.717) is 19.4 Å². The molecule has 44 heavy (non-hydrogen) atoms. The molecule has 0 aromatic rings. The smallest absolute Gasteiger partial charge is 0.289 e. The molecule has 0 bridgehead atoms. The summed E-state index contributed by atoms with van der Waals surface area (Å²) in [5.74, 6) is -3.01. The van der Waals surface area contributed by atoms with Gasteiger partial charge in [-0.05, 0) is 63.2 Å². The molecule has 4 aliphatic rings. The summed E-state index contributed by atoms with van der Waals surface area (Å²) in [6, 6.07) is -2.85. The average molecular weight is 616 g/mol. The first-order chi connectivity index (χ1) is 20.8. The van der Waals surface area contributed by atoms with Crippen molar-refractivity contribution in [1.82, 2.24) is 26.2 Å². The van der Waals surface area contributed by atoms with Crippen LogP contribution in [-0.4, -0.2) is 78.0 Å². The lowest BCUT2D eigenvalue weighted by Gasteiger charge is -2.39. The summed E-state index contributed by atoms with van der Waals surface area (Å²) < 4.78 is 0. The molecule has 11 nitrogen and oxygen atoms in total. The van der Waals surface area contributed by atoms with Crippen molar-refractivity contribution < 1.29 is 28.8 Å². The summed E-state index contributed by atoms with van der Waals surface area (Å²) in [4.78, 5) is 81.6. The van der Waals surface area contributed by atoms with Crippen molar-refractivity contribution in [2.75, 3.05) is 13.6 Å². The van der Waals surface area contributed by atoms with E-state index in [4.69, 9.17) is 0 Å². The van der Waals surface area contributed by atoms with Crippen molar-refractivity contribution in [2.45, 2.75) is 135 Å². The van der Waals surface area contributed by atoms with E-state index in [1.165, 1.54) is 4.90 Å². The van der Waals surface area contributed by atoms with Crippen LogP contribution >= 0.6 is 0 Å². The molecular weight excluding hydrogens is 562 g/mol. The Hall–Kier alpha value is -2.98. The maximum atomic E-state index is 14.2. The van der Waals surface area contributed by atoms with E-state index >= 15 is 0 Å². The second-order valence-electron chi connectivity index (χ2n) is 14.6. The van der Waals surface area contributed by atoms with Crippen LogP contribution in [0.25, 0.3) is 0 Å². The number of nitrogens with zero attached hydrogens (tertiary/aromatic N) is 1. The van der Waals surface area contributed by atoms with Crippen molar-refractivity contribution in [1.29, 1.82) is 0 Å². The summed E-state index contributed by atoms with van der Waals surface area (Å²) >= 11 is 0. The first kappa shape index (κ1) is 33.9. The molecule has 0 unspecified atom stereocenters. The van der Waals surface area contributed by atoms with Crippen LogP contribution in [0.2, 0.25) is 0 Å². The van der Waals surface area contributed by atoms with Gasteiger partial charge in [0, 0.05) is 31.0 Å². The van der Waals surface area contributed by atoms with Gasteiger partial charge in [-0.15, -0.1) is 0 Å². The molecule has 11 heteroatoms. The highest BCUT2D eigenvalue weighted by molar-refractivity contribution is 6.38. The summed E-state index contributed by atoms with van der Waals surface area (Å²) in [6.45, 7) is 5.99. The number of Topliss-reactive ketones (excluding diaryl/α,β-unsaturated/α-hetero) is 1. The average Bonchev–Trinajstić information content (AvgIpc) is 3.78. The first-order valence-corrected chi connectivity index (χ1v) is 16.9. The van der Waals surface area contributed by atoms with Crippen LogP contribution in [0, 0.1) is 23.2 Å². The zero-order valence-corrected chi connectivity index (χ0v) is 27.0. The van der Waals surface area contributed by atoms with Gasteiger partial charge in [-0.2, -0.15) is 0 Å². The lowest BCUT2D eigenvalue weighted by Crippen LogP contribution is -2.60. The number of piperidine rings is 1. The number of carbonyl (C=O) groups is 6. The number of rotatable bonds is 13. The van der Waals surface area contributed by atoms with Crippen LogP contribution < -0.4 is 21.3 Å². The summed E-state index contributed by atoms with van der Waals surface area (Å²) in [5.41, 5.74) is -0.686. The van der Waals surface area contributed by atoms with Crippen LogP contribution in [0.3, 0.4) is 0 Å². The number of ketones is 1. The summed E-state index contributed by atoms with van der Waals surface area (Å²) in [6.07, 6.45) is 11.1. The van der Waals surface area contributed by atoms with Crippen LogP contribution in [-0.2, 0) is 28.8 Å². The van der Waals surface area contributed by atoms with E-state index in [0.717, 1.165) is 70.6 Å². The predicted molar refractivity (Wildman–Crippen MR) is 165 cm³/mol. The Kier molecular flexibility index (Phi) is 11.5. The number of amides is 5.